The second-order valence-corrected chi connectivity index (χ2v) is 10.5. The number of carbonyl (C=O) groups excluding carboxylic acids is 1. The van der Waals surface area contributed by atoms with Gasteiger partial charge in [0.1, 0.15) is 22.7 Å². The maximum Gasteiger partial charge on any atom is 0.304 e. The molecule has 200 valence electrons. The molecule has 0 saturated heterocycles. The minimum absolute atomic E-state index is 0.121. The lowest BCUT2D eigenvalue weighted by Crippen LogP contribution is -2.37. The summed E-state index contributed by atoms with van der Waals surface area (Å²) in [5.41, 5.74) is 5.07. The van der Waals surface area contributed by atoms with Crippen LogP contribution in [0.15, 0.2) is 48.5 Å². The van der Waals surface area contributed by atoms with Gasteiger partial charge in [-0.25, -0.2) is 13.5 Å². The van der Waals surface area contributed by atoms with E-state index in [-0.39, 0.29) is 13.0 Å². The highest BCUT2D eigenvalue weighted by Gasteiger charge is 2.28. The van der Waals surface area contributed by atoms with E-state index < -0.39 is 35.0 Å². The molecule has 7 nitrogen and oxygen atoms in total. The van der Waals surface area contributed by atoms with Gasteiger partial charge in [-0.15, -0.1) is 5.10 Å². The number of benzene rings is 3. The van der Waals surface area contributed by atoms with Gasteiger partial charge in [-0.05, 0) is 77.8 Å². The molecule has 5 aliphatic rings. The first-order valence-electron chi connectivity index (χ1n) is 13.3. The van der Waals surface area contributed by atoms with Crippen LogP contribution in [-0.2, 0) is 30.7 Å². The molecule has 1 aromatic heterocycles. The Labute approximate surface area is 224 Å². The standard InChI is InChI=1S/C30H28F2N4O3/c31-24-12-18-4-2-1-3-10-36-27-8-7-21(15-26(27)33-34-36)23(16-28(37)38)20-6-5-19-9-11-35(17-22(19)14-20)30(39)29(24)25(32)13-18/h5-8,12-15,23H,1-4,9-11,16-17H2,(H,37,38). The highest BCUT2D eigenvalue weighted by molar-refractivity contribution is 5.95. The van der Waals surface area contributed by atoms with Crippen molar-refractivity contribution in [3.63, 3.8) is 0 Å². The van der Waals surface area contributed by atoms with Crippen molar-refractivity contribution in [1.82, 2.24) is 19.9 Å². The van der Waals surface area contributed by atoms with Crippen molar-refractivity contribution in [3.8, 4) is 0 Å². The molecule has 9 bridgehead atoms. The van der Waals surface area contributed by atoms with Crippen LogP contribution in [0.25, 0.3) is 11.0 Å². The molecule has 9 rings (SSSR count). The molecule has 1 unspecified atom stereocenters. The molecular weight excluding hydrogens is 502 g/mol. The minimum atomic E-state index is -0.932. The third kappa shape index (κ3) is 4.89. The van der Waals surface area contributed by atoms with Gasteiger partial charge in [-0.3, -0.25) is 9.59 Å². The predicted molar refractivity (Wildman–Crippen MR) is 140 cm³/mol. The molecule has 9 heteroatoms. The van der Waals surface area contributed by atoms with E-state index in [9.17, 15) is 14.7 Å². The van der Waals surface area contributed by atoms with E-state index in [4.69, 9.17) is 0 Å². The Balaban J connectivity index is 1.44. The highest BCUT2D eigenvalue weighted by Crippen LogP contribution is 2.33. The van der Waals surface area contributed by atoms with Crippen LogP contribution in [0.4, 0.5) is 8.78 Å². The molecule has 0 fully saturated rings. The van der Waals surface area contributed by atoms with E-state index in [1.165, 1.54) is 17.0 Å². The van der Waals surface area contributed by atoms with Gasteiger partial charge in [0.15, 0.2) is 0 Å². The lowest BCUT2D eigenvalue weighted by molar-refractivity contribution is -0.137. The van der Waals surface area contributed by atoms with E-state index in [1.54, 1.807) is 0 Å². The number of amides is 1. The summed E-state index contributed by atoms with van der Waals surface area (Å²) in [5.74, 6) is -3.72. The number of aryl methyl sites for hydroxylation is 2. The van der Waals surface area contributed by atoms with Crippen molar-refractivity contribution in [2.45, 2.75) is 57.5 Å². The summed E-state index contributed by atoms with van der Waals surface area (Å²) >= 11 is 0. The van der Waals surface area contributed by atoms with Crippen LogP contribution in [-0.4, -0.2) is 43.4 Å². The molecule has 1 amide bonds. The number of carbonyl (C=O) groups is 2. The summed E-state index contributed by atoms with van der Waals surface area (Å²) in [6.07, 6.45) is 3.31. The molecule has 39 heavy (non-hydrogen) atoms. The second kappa shape index (κ2) is 10.2. The van der Waals surface area contributed by atoms with E-state index >= 15 is 8.78 Å². The van der Waals surface area contributed by atoms with E-state index in [1.807, 2.05) is 41.1 Å². The monoisotopic (exact) mass is 530 g/mol. The summed E-state index contributed by atoms with van der Waals surface area (Å²) in [4.78, 5) is 26.6. The average molecular weight is 531 g/mol. The van der Waals surface area contributed by atoms with Crippen LogP contribution in [0.2, 0.25) is 0 Å². The van der Waals surface area contributed by atoms with Crippen molar-refractivity contribution in [1.29, 1.82) is 0 Å². The third-order valence-corrected chi connectivity index (χ3v) is 7.90. The Morgan fingerprint density at radius 1 is 0.923 bits per heavy atom. The number of aliphatic carboxylic acids is 1. The van der Waals surface area contributed by atoms with E-state index in [2.05, 4.69) is 10.3 Å². The SMILES string of the molecule is O=C(O)CC1c2ccc3c(c2)CN(CC3)C(=O)c2c(F)cc(cc2F)CCCCCn2nnc3cc1ccc32. The summed E-state index contributed by atoms with van der Waals surface area (Å²) in [7, 11) is 0. The first-order valence-corrected chi connectivity index (χ1v) is 13.3. The van der Waals surface area contributed by atoms with Gasteiger partial charge in [-0.1, -0.05) is 35.9 Å². The normalized spacial score (nSPS) is 17.7. The summed E-state index contributed by atoms with van der Waals surface area (Å²) in [6.45, 7) is 1.18. The molecule has 6 heterocycles. The minimum Gasteiger partial charge on any atom is -0.481 e. The van der Waals surface area contributed by atoms with Crippen molar-refractivity contribution < 1.29 is 23.5 Å². The van der Waals surface area contributed by atoms with Gasteiger partial charge in [0.05, 0.1) is 11.9 Å². The maximum absolute atomic E-state index is 15.0. The largest absolute Gasteiger partial charge is 0.481 e. The number of hydrogen-bond donors (Lipinski definition) is 1. The second-order valence-electron chi connectivity index (χ2n) is 10.5. The maximum atomic E-state index is 15.0. The molecule has 0 spiro atoms. The van der Waals surface area contributed by atoms with Gasteiger partial charge in [0.25, 0.3) is 5.91 Å². The highest BCUT2D eigenvalue weighted by atomic mass is 19.1. The molecule has 1 atom stereocenters. The topological polar surface area (TPSA) is 88.3 Å². The van der Waals surface area contributed by atoms with Crippen molar-refractivity contribution in [2.24, 2.45) is 0 Å². The fourth-order valence-corrected chi connectivity index (χ4v) is 5.84. The number of hydrogen-bond acceptors (Lipinski definition) is 4. The third-order valence-electron chi connectivity index (χ3n) is 7.90. The fraction of sp³-hybridized carbons (Fsp3) is 0.333. The van der Waals surface area contributed by atoms with Gasteiger partial charge >= 0.3 is 5.97 Å². The number of nitrogens with zero attached hydrogens (tertiary/aromatic N) is 4. The molecule has 3 aromatic carbocycles. The van der Waals surface area contributed by atoms with Crippen LogP contribution in [0.5, 0.6) is 0 Å². The number of rotatable bonds is 2. The van der Waals surface area contributed by atoms with E-state index in [0.717, 1.165) is 47.0 Å². The van der Waals surface area contributed by atoms with Gasteiger partial charge in [-0.2, -0.15) is 0 Å². The zero-order valence-electron chi connectivity index (χ0n) is 21.4. The quantitative estimate of drug-likeness (QED) is 0.383. The van der Waals surface area contributed by atoms with Crippen LogP contribution in [0.3, 0.4) is 0 Å². The van der Waals surface area contributed by atoms with Crippen LogP contribution >= 0.6 is 0 Å². The Morgan fingerprint density at radius 3 is 2.49 bits per heavy atom. The van der Waals surface area contributed by atoms with Crippen molar-refractivity contribution >= 4 is 22.9 Å². The summed E-state index contributed by atoms with van der Waals surface area (Å²) < 4.78 is 31.9. The Hall–Kier alpha value is -4.14. The fourth-order valence-electron chi connectivity index (χ4n) is 5.84. The summed E-state index contributed by atoms with van der Waals surface area (Å²) in [6, 6.07) is 14.1. The number of halogens is 2. The molecule has 0 aliphatic carbocycles. The van der Waals surface area contributed by atoms with E-state index in [0.29, 0.717) is 37.0 Å². The van der Waals surface area contributed by atoms with Crippen molar-refractivity contribution in [2.75, 3.05) is 6.54 Å². The lowest BCUT2D eigenvalue weighted by atomic mass is 9.85. The zero-order chi connectivity index (χ0) is 27.1. The van der Waals surface area contributed by atoms with Gasteiger partial charge in [0.2, 0.25) is 0 Å². The molecular formula is C30H28F2N4O3. The first kappa shape index (κ1) is 25.2. The molecule has 0 saturated carbocycles. The molecule has 4 aromatic rings. The number of aromatic nitrogens is 3. The average Bonchev–Trinajstić information content (AvgIpc) is 3.32. The van der Waals surface area contributed by atoms with Gasteiger partial charge < -0.3 is 10.0 Å². The first-order chi connectivity index (χ1) is 18.9. The van der Waals surface area contributed by atoms with Crippen LogP contribution < -0.4 is 0 Å². The van der Waals surface area contributed by atoms with Crippen LogP contribution in [0, 0.1) is 11.6 Å². The Morgan fingerprint density at radius 2 is 1.69 bits per heavy atom. The lowest BCUT2D eigenvalue weighted by Gasteiger charge is -2.30. The summed E-state index contributed by atoms with van der Waals surface area (Å²) in [5, 5.41) is 18.4. The molecule has 0 radical (unpaired) electrons. The Kier molecular flexibility index (Phi) is 6.58. The number of carboxylic acid groups (broad SMARTS) is 1. The number of carboxylic acids is 1. The predicted octanol–water partition coefficient (Wildman–Crippen LogP) is 5.24. The zero-order valence-corrected chi connectivity index (χ0v) is 21.4. The van der Waals surface area contributed by atoms with Crippen LogP contribution in [0.1, 0.15) is 69.8 Å². The smallest absolute Gasteiger partial charge is 0.304 e. The van der Waals surface area contributed by atoms with Crippen molar-refractivity contribution in [3.05, 3.63) is 93.5 Å². The molecule has 1 N–H and O–H groups in total. The Bertz CT molecular complexity index is 1580. The van der Waals surface area contributed by atoms with Gasteiger partial charge in [0, 0.05) is 25.6 Å². The molecule has 5 aliphatic heterocycles.